The van der Waals surface area contributed by atoms with Crippen LogP contribution in [-0.4, -0.2) is 41.7 Å². The molecule has 1 aromatic heterocycles. The molecule has 3 aromatic rings. The second kappa shape index (κ2) is 8.74. The monoisotopic (exact) mass is 437 g/mol. The summed E-state index contributed by atoms with van der Waals surface area (Å²) in [5.41, 5.74) is 2.19. The average molecular weight is 438 g/mol. The van der Waals surface area contributed by atoms with Crippen LogP contribution in [-0.2, 0) is 11.3 Å². The van der Waals surface area contributed by atoms with Gasteiger partial charge < -0.3 is 19.9 Å². The maximum atomic E-state index is 14.8. The van der Waals surface area contributed by atoms with E-state index in [9.17, 15) is 14.0 Å². The van der Waals surface area contributed by atoms with E-state index in [1.807, 2.05) is 36.6 Å². The van der Waals surface area contributed by atoms with Crippen molar-refractivity contribution in [3.05, 3.63) is 71.2 Å². The Hall–Kier alpha value is -3.19. The third-order valence-electron chi connectivity index (χ3n) is 5.93. The van der Waals surface area contributed by atoms with Crippen LogP contribution in [0.15, 0.2) is 48.7 Å². The maximum Gasteiger partial charge on any atom is 0.253 e. The summed E-state index contributed by atoms with van der Waals surface area (Å²) >= 11 is 0. The minimum Gasteiger partial charge on any atom is -0.375 e. The van der Waals surface area contributed by atoms with E-state index in [1.165, 1.54) is 6.07 Å². The summed E-state index contributed by atoms with van der Waals surface area (Å²) in [6.07, 6.45) is 3.14. The fourth-order valence-corrected chi connectivity index (χ4v) is 4.33. The van der Waals surface area contributed by atoms with Crippen molar-refractivity contribution in [2.75, 3.05) is 13.7 Å². The molecule has 1 fully saturated rings. The van der Waals surface area contributed by atoms with Gasteiger partial charge in [-0.15, -0.1) is 0 Å². The summed E-state index contributed by atoms with van der Waals surface area (Å²) in [6.45, 7) is 5.05. The molecule has 2 N–H and O–H groups in total. The van der Waals surface area contributed by atoms with Gasteiger partial charge in [-0.05, 0) is 56.5 Å². The molecule has 6 nitrogen and oxygen atoms in total. The van der Waals surface area contributed by atoms with Gasteiger partial charge >= 0.3 is 0 Å². The van der Waals surface area contributed by atoms with Gasteiger partial charge in [0.05, 0.1) is 16.7 Å². The lowest BCUT2D eigenvalue weighted by Crippen LogP contribution is -2.45. The Morgan fingerprint density at radius 1 is 1.16 bits per heavy atom. The molecule has 1 saturated heterocycles. The topological polar surface area (TPSA) is 72.4 Å². The first-order valence-electron chi connectivity index (χ1n) is 10.8. The van der Waals surface area contributed by atoms with Gasteiger partial charge in [-0.1, -0.05) is 18.2 Å². The standard InChI is InChI=1S/C25H28FN3O3/c1-25(2)13-18(11-12-32-25)28-24(31)19-15-29(21-6-4-5-20(26)22(19)21)14-16-7-9-17(10-8-16)23(30)27-3/h4-10,15,18H,11-14H2,1-3H3,(H,27,30)(H,28,31). The molecular weight excluding hydrogens is 409 g/mol. The number of hydrogen-bond donors (Lipinski definition) is 2. The Labute approximate surface area is 186 Å². The van der Waals surface area contributed by atoms with Crippen LogP contribution in [0.2, 0.25) is 0 Å². The van der Waals surface area contributed by atoms with Crippen LogP contribution in [0.1, 0.15) is 53.0 Å². The number of carbonyl (C=O) groups excluding carboxylic acids is 2. The van der Waals surface area contributed by atoms with E-state index in [-0.39, 0.29) is 23.5 Å². The Morgan fingerprint density at radius 3 is 2.59 bits per heavy atom. The summed E-state index contributed by atoms with van der Waals surface area (Å²) in [5, 5.41) is 5.99. The predicted octanol–water partition coefficient (Wildman–Crippen LogP) is 3.88. The highest BCUT2D eigenvalue weighted by molar-refractivity contribution is 6.07. The van der Waals surface area contributed by atoms with Gasteiger partial charge in [0, 0.05) is 43.4 Å². The number of nitrogens with one attached hydrogen (secondary N) is 2. The third kappa shape index (κ3) is 4.53. The lowest BCUT2D eigenvalue weighted by atomic mass is 9.94. The molecule has 2 heterocycles. The van der Waals surface area contributed by atoms with E-state index in [4.69, 9.17) is 4.74 Å². The Kier molecular flexibility index (Phi) is 6.02. The Morgan fingerprint density at radius 2 is 1.91 bits per heavy atom. The average Bonchev–Trinajstić information content (AvgIpc) is 3.13. The van der Waals surface area contributed by atoms with Crippen LogP contribution in [0.4, 0.5) is 4.39 Å². The van der Waals surface area contributed by atoms with Gasteiger partial charge in [-0.25, -0.2) is 4.39 Å². The number of fused-ring (bicyclic) bond motifs is 1. The molecular formula is C25H28FN3O3. The number of hydrogen-bond acceptors (Lipinski definition) is 3. The molecule has 4 rings (SSSR count). The van der Waals surface area contributed by atoms with Gasteiger partial charge in [-0.3, -0.25) is 9.59 Å². The van der Waals surface area contributed by atoms with E-state index in [0.717, 1.165) is 12.0 Å². The lowest BCUT2D eigenvalue weighted by molar-refractivity contribution is -0.0615. The first-order chi connectivity index (χ1) is 15.3. The van der Waals surface area contributed by atoms with Gasteiger partial charge in [0.2, 0.25) is 0 Å². The van der Waals surface area contributed by atoms with Gasteiger partial charge in [-0.2, -0.15) is 0 Å². The van der Waals surface area contributed by atoms with Gasteiger partial charge in [0.1, 0.15) is 5.82 Å². The van der Waals surface area contributed by atoms with Crippen molar-refractivity contribution in [1.82, 2.24) is 15.2 Å². The van der Waals surface area contributed by atoms with E-state index in [1.54, 1.807) is 31.4 Å². The van der Waals surface area contributed by atoms with Crippen molar-refractivity contribution in [2.45, 2.75) is 44.9 Å². The number of benzene rings is 2. The second-order valence-corrected chi connectivity index (χ2v) is 8.85. The van der Waals surface area contributed by atoms with Crippen molar-refractivity contribution in [1.29, 1.82) is 0 Å². The Bertz CT molecular complexity index is 1150. The lowest BCUT2D eigenvalue weighted by Gasteiger charge is -2.35. The number of aromatic nitrogens is 1. The van der Waals surface area contributed by atoms with Crippen molar-refractivity contribution in [3.63, 3.8) is 0 Å². The summed E-state index contributed by atoms with van der Waals surface area (Å²) in [6, 6.07) is 12.0. The number of halogens is 1. The fourth-order valence-electron chi connectivity index (χ4n) is 4.33. The largest absolute Gasteiger partial charge is 0.375 e. The molecule has 0 saturated carbocycles. The second-order valence-electron chi connectivity index (χ2n) is 8.85. The molecule has 32 heavy (non-hydrogen) atoms. The van der Waals surface area contributed by atoms with Crippen molar-refractivity contribution in [2.24, 2.45) is 0 Å². The fraction of sp³-hybridized carbons (Fsp3) is 0.360. The van der Waals surface area contributed by atoms with Crippen LogP contribution in [0.25, 0.3) is 10.9 Å². The molecule has 1 unspecified atom stereocenters. The van der Waals surface area contributed by atoms with Crippen LogP contribution in [0.5, 0.6) is 0 Å². The number of rotatable bonds is 5. The van der Waals surface area contributed by atoms with Gasteiger partial charge in [0.15, 0.2) is 0 Å². The summed E-state index contributed by atoms with van der Waals surface area (Å²) < 4.78 is 22.4. The zero-order valence-corrected chi connectivity index (χ0v) is 18.6. The van der Waals surface area contributed by atoms with Crippen LogP contribution in [0.3, 0.4) is 0 Å². The molecule has 1 aliphatic rings. The molecule has 0 aliphatic carbocycles. The molecule has 1 aliphatic heterocycles. The number of carbonyl (C=O) groups is 2. The number of amides is 2. The highest BCUT2D eigenvalue weighted by Gasteiger charge is 2.30. The normalized spacial score (nSPS) is 17.8. The third-order valence-corrected chi connectivity index (χ3v) is 5.93. The minimum absolute atomic E-state index is 0.0197. The first-order valence-corrected chi connectivity index (χ1v) is 10.8. The molecule has 168 valence electrons. The molecule has 0 spiro atoms. The highest BCUT2D eigenvalue weighted by Crippen LogP contribution is 2.27. The van der Waals surface area contributed by atoms with Crippen molar-refractivity contribution in [3.8, 4) is 0 Å². The minimum atomic E-state index is -0.423. The number of nitrogens with zero attached hydrogens (tertiary/aromatic N) is 1. The summed E-state index contributed by atoms with van der Waals surface area (Å²) in [7, 11) is 1.59. The zero-order valence-electron chi connectivity index (χ0n) is 18.6. The zero-order chi connectivity index (χ0) is 22.9. The molecule has 7 heteroatoms. The Balaban J connectivity index is 1.62. The molecule has 0 bridgehead atoms. The van der Waals surface area contributed by atoms with Crippen molar-refractivity contribution >= 4 is 22.7 Å². The van der Waals surface area contributed by atoms with E-state index in [0.29, 0.717) is 41.6 Å². The molecule has 2 amide bonds. The van der Waals surface area contributed by atoms with E-state index < -0.39 is 5.82 Å². The van der Waals surface area contributed by atoms with Crippen LogP contribution in [0, 0.1) is 5.82 Å². The summed E-state index contributed by atoms with van der Waals surface area (Å²) in [5.74, 6) is -0.856. The predicted molar refractivity (Wildman–Crippen MR) is 121 cm³/mol. The first kappa shape index (κ1) is 22.0. The maximum absolute atomic E-state index is 14.8. The SMILES string of the molecule is CNC(=O)c1ccc(Cn2cc(C(=O)NC3CCOC(C)(C)C3)c3c(F)cccc32)cc1. The van der Waals surface area contributed by atoms with Gasteiger partial charge in [0.25, 0.3) is 11.8 Å². The van der Waals surface area contributed by atoms with Crippen LogP contribution < -0.4 is 10.6 Å². The number of ether oxygens (including phenoxy) is 1. The van der Waals surface area contributed by atoms with E-state index >= 15 is 0 Å². The van der Waals surface area contributed by atoms with Crippen molar-refractivity contribution < 1.29 is 18.7 Å². The molecule has 1 atom stereocenters. The summed E-state index contributed by atoms with van der Waals surface area (Å²) in [4.78, 5) is 24.9. The molecule has 2 aromatic carbocycles. The quantitative estimate of drug-likeness (QED) is 0.636. The van der Waals surface area contributed by atoms with E-state index in [2.05, 4.69) is 10.6 Å². The molecule has 0 radical (unpaired) electrons. The highest BCUT2D eigenvalue weighted by atomic mass is 19.1. The smallest absolute Gasteiger partial charge is 0.253 e. The van der Waals surface area contributed by atoms with Crippen LogP contribution >= 0.6 is 0 Å².